The first kappa shape index (κ1) is 13.0. The highest BCUT2D eigenvalue weighted by atomic mass is 16.2. The number of aromatic nitrogens is 2. The van der Waals surface area contributed by atoms with E-state index in [0.29, 0.717) is 18.3 Å². The fraction of sp³-hybridized carbons (Fsp3) is 0.615. The molecule has 1 aliphatic heterocycles. The average Bonchev–Trinajstić information content (AvgIpc) is 2.27. The zero-order valence-electron chi connectivity index (χ0n) is 11.3. The van der Waals surface area contributed by atoms with Gasteiger partial charge in [0.15, 0.2) is 0 Å². The summed E-state index contributed by atoms with van der Waals surface area (Å²) in [6.45, 7) is 3.70. The molecule has 5 heteroatoms. The van der Waals surface area contributed by atoms with Crippen LogP contribution in [0.25, 0.3) is 0 Å². The second kappa shape index (κ2) is 5.44. The van der Waals surface area contributed by atoms with Crippen molar-refractivity contribution in [1.29, 1.82) is 0 Å². The third-order valence-electron chi connectivity index (χ3n) is 3.42. The number of hydrogen-bond acceptors (Lipinski definition) is 4. The summed E-state index contributed by atoms with van der Waals surface area (Å²) >= 11 is 0. The van der Waals surface area contributed by atoms with Crippen LogP contribution in [0.1, 0.15) is 18.3 Å². The normalized spacial score (nSPS) is 15.9. The molecule has 2 heterocycles. The first-order chi connectivity index (χ1) is 8.60. The summed E-state index contributed by atoms with van der Waals surface area (Å²) in [5.74, 6) is 0.739. The lowest BCUT2D eigenvalue weighted by molar-refractivity contribution is -0.137. The van der Waals surface area contributed by atoms with Gasteiger partial charge in [-0.2, -0.15) is 0 Å². The molecule has 1 aliphatic rings. The van der Waals surface area contributed by atoms with E-state index in [2.05, 4.69) is 21.8 Å². The minimum atomic E-state index is 0.123. The topological polar surface area (TPSA) is 49.3 Å². The maximum atomic E-state index is 11.9. The minimum Gasteiger partial charge on any atom is -0.339 e. The Morgan fingerprint density at radius 1 is 1.39 bits per heavy atom. The quantitative estimate of drug-likeness (QED) is 0.771. The lowest BCUT2D eigenvalue weighted by atomic mass is 10.1. The number of aryl methyl sites for hydroxylation is 1. The molecule has 0 spiro atoms. The molecule has 0 N–H and O–H groups in total. The van der Waals surface area contributed by atoms with Gasteiger partial charge in [-0.05, 0) is 26.1 Å². The first-order valence-corrected chi connectivity index (χ1v) is 6.34. The van der Waals surface area contributed by atoms with Crippen molar-refractivity contribution in [1.82, 2.24) is 19.8 Å². The lowest BCUT2D eigenvalue weighted by Gasteiger charge is -2.42. The van der Waals surface area contributed by atoms with Crippen molar-refractivity contribution in [3.05, 3.63) is 23.8 Å². The molecule has 1 fully saturated rings. The Balaban J connectivity index is 1.84. The number of likely N-dealkylation sites (N-methyl/N-ethyl adjacent to an activating group) is 1. The van der Waals surface area contributed by atoms with Crippen LogP contribution in [0.3, 0.4) is 0 Å². The standard InChI is InChI=1S/C13H20N4O/c1-4-10-6-14-12(15-7-10)5-13(18)17-8-11(9-17)16(2)3/h6-7,11H,4-5,8-9H2,1-3H3. The summed E-state index contributed by atoms with van der Waals surface area (Å²) in [6, 6.07) is 0.498. The number of nitrogens with zero attached hydrogens (tertiary/aromatic N) is 4. The molecule has 1 amide bonds. The van der Waals surface area contributed by atoms with Crippen LogP contribution in [0.4, 0.5) is 0 Å². The summed E-state index contributed by atoms with van der Waals surface area (Å²) < 4.78 is 0. The van der Waals surface area contributed by atoms with Crippen LogP contribution in [0.15, 0.2) is 12.4 Å². The van der Waals surface area contributed by atoms with E-state index < -0.39 is 0 Å². The second-order valence-electron chi connectivity index (χ2n) is 4.95. The van der Waals surface area contributed by atoms with Gasteiger partial charge in [-0.25, -0.2) is 9.97 Å². The molecule has 18 heavy (non-hydrogen) atoms. The van der Waals surface area contributed by atoms with Crippen molar-refractivity contribution >= 4 is 5.91 Å². The van der Waals surface area contributed by atoms with Crippen LogP contribution < -0.4 is 0 Å². The van der Waals surface area contributed by atoms with Crippen molar-refractivity contribution in [2.45, 2.75) is 25.8 Å². The van der Waals surface area contributed by atoms with Gasteiger partial charge in [0.05, 0.1) is 6.42 Å². The van der Waals surface area contributed by atoms with Crippen molar-refractivity contribution in [2.24, 2.45) is 0 Å². The van der Waals surface area contributed by atoms with E-state index in [1.807, 2.05) is 19.0 Å². The number of amides is 1. The van der Waals surface area contributed by atoms with Crippen molar-refractivity contribution < 1.29 is 4.79 Å². The van der Waals surface area contributed by atoms with Crippen LogP contribution in [0.2, 0.25) is 0 Å². The van der Waals surface area contributed by atoms with E-state index in [4.69, 9.17) is 0 Å². The molecule has 0 unspecified atom stereocenters. The van der Waals surface area contributed by atoms with E-state index in [9.17, 15) is 4.79 Å². The van der Waals surface area contributed by atoms with Crippen LogP contribution in [0, 0.1) is 0 Å². The van der Waals surface area contributed by atoms with Crippen LogP contribution in [-0.4, -0.2) is 58.9 Å². The monoisotopic (exact) mass is 248 g/mol. The van der Waals surface area contributed by atoms with Gasteiger partial charge >= 0.3 is 0 Å². The van der Waals surface area contributed by atoms with Crippen molar-refractivity contribution in [3.8, 4) is 0 Å². The molecular weight excluding hydrogens is 228 g/mol. The predicted molar refractivity (Wildman–Crippen MR) is 69.2 cm³/mol. The fourth-order valence-corrected chi connectivity index (χ4v) is 1.89. The molecule has 0 bridgehead atoms. The van der Waals surface area contributed by atoms with Crippen LogP contribution in [0.5, 0.6) is 0 Å². The first-order valence-electron chi connectivity index (χ1n) is 6.34. The molecule has 1 aromatic rings. The lowest BCUT2D eigenvalue weighted by Crippen LogP contribution is -2.59. The molecule has 1 aromatic heterocycles. The minimum absolute atomic E-state index is 0.123. The maximum Gasteiger partial charge on any atom is 0.230 e. The predicted octanol–water partition coefficient (Wildman–Crippen LogP) is 0.354. The molecule has 0 atom stereocenters. The van der Waals surface area contributed by atoms with E-state index >= 15 is 0 Å². The smallest absolute Gasteiger partial charge is 0.230 e. The van der Waals surface area contributed by atoms with E-state index in [0.717, 1.165) is 25.1 Å². The highest BCUT2D eigenvalue weighted by Crippen LogP contribution is 2.13. The highest BCUT2D eigenvalue weighted by molar-refractivity contribution is 5.78. The van der Waals surface area contributed by atoms with Crippen molar-refractivity contribution in [2.75, 3.05) is 27.2 Å². The Labute approximate surface area is 108 Å². The van der Waals surface area contributed by atoms with E-state index in [-0.39, 0.29) is 5.91 Å². The molecule has 0 radical (unpaired) electrons. The van der Waals surface area contributed by atoms with Gasteiger partial charge in [0.2, 0.25) is 5.91 Å². The summed E-state index contributed by atoms with van der Waals surface area (Å²) in [7, 11) is 4.08. The van der Waals surface area contributed by atoms with Gasteiger partial charge in [-0.15, -0.1) is 0 Å². The van der Waals surface area contributed by atoms with Crippen LogP contribution >= 0.6 is 0 Å². The maximum absolute atomic E-state index is 11.9. The van der Waals surface area contributed by atoms with Gasteiger partial charge in [0.25, 0.3) is 0 Å². The number of likely N-dealkylation sites (tertiary alicyclic amines) is 1. The van der Waals surface area contributed by atoms with Gasteiger partial charge in [-0.1, -0.05) is 6.92 Å². The Morgan fingerprint density at radius 3 is 2.50 bits per heavy atom. The summed E-state index contributed by atoms with van der Waals surface area (Å²) in [5, 5.41) is 0. The number of carbonyl (C=O) groups excluding carboxylic acids is 1. The summed E-state index contributed by atoms with van der Waals surface area (Å²) in [4.78, 5) is 24.4. The molecular formula is C13H20N4O. The third kappa shape index (κ3) is 2.85. The number of carbonyl (C=O) groups is 1. The van der Waals surface area contributed by atoms with Crippen molar-refractivity contribution in [3.63, 3.8) is 0 Å². The molecule has 2 rings (SSSR count). The summed E-state index contributed by atoms with van der Waals surface area (Å²) in [6.07, 6.45) is 4.83. The Kier molecular flexibility index (Phi) is 3.91. The zero-order chi connectivity index (χ0) is 13.1. The molecule has 0 saturated carbocycles. The fourth-order valence-electron chi connectivity index (χ4n) is 1.89. The molecule has 0 aromatic carbocycles. The Morgan fingerprint density at radius 2 is 2.00 bits per heavy atom. The van der Waals surface area contributed by atoms with E-state index in [1.54, 1.807) is 12.4 Å². The third-order valence-corrected chi connectivity index (χ3v) is 3.42. The largest absolute Gasteiger partial charge is 0.339 e. The van der Waals surface area contributed by atoms with Crippen LogP contribution in [-0.2, 0) is 17.6 Å². The molecule has 0 aliphatic carbocycles. The van der Waals surface area contributed by atoms with Gasteiger partial charge in [0, 0.05) is 31.5 Å². The average molecular weight is 248 g/mol. The summed E-state index contributed by atoms with van der Waals surface area (Å²) in [5.41, 5.74) is 1.10. The molecule has 98 valence electrons. The number of rotatable bonds is 4. The SMILES string of the molecule is CCc1cnc(CC(=O)N2CC(N(C)C)C2)nc1. The van der Waals surface area contributed by atoms with E-state index in [1.165, 1.54) is 0 Å². The Hall–Kier alpha value is -1.49. The van der Waals surface area contributed by atoms with Gasteiger partial charge in [-0.3, -0.25) is 4.79 Å². The van der Waals surface area contributed by atoms with Gasteiger partial charge in [0.1, 0.15) is 5.82 Å². The molecule has 1 saturated heterocycles. The Bertz CT molecular complexity index is 410. The highest BCUT2D eigenvalue weighted by Gasteiger charge is 2.31. The zero-order valence-corrected chi connectivity index (χ0v) is 11.3. The number of hydrogen-bond donors (Lipinski definition) is 0. The second-order valence-corrected chi connectivity index (χ2v) is 4.95. The molecule has 5 nitrogen and oxygen atoms in total. The van der Waals surface area contributed by atoms with Gasteiger partial charge < -0.3 is 9.80 Å².